The van der Waals surface area contributed by atoms with Gasteiger partial charge < -0.3 is 10.4 Å². The zero-order valence-corrected chi connectivity index (χ0v) is 9.63. The van der Waals surface area contributed by atoms with Crippen molar-refractivity contribution in [1.82, 2.24) is 0 Å². The third-order valence-corrected chi connectivity index (χ3v) is 2.34. The number of anilines is 1. The van der Waals surface area contributed by atoms with Gasteiger partial charge in [0.1, 0.15) is 0 Å². The monoisotopic (exact) mass is 257 g/mol. The van der Waals surface area contributed by atoms with Gasteiger partial charge in [-0.05, 0) is 48.0 Å². The van der Waals surface area contributed by atoms with Crippen LogP contribution in [-0.2, 0) is 0 Å². The fourth-order valence-electron chi connectivity index (χ4n) is 1.11. The Hall–Kier alpha value is -1.03. The lowest BCUT2D eigenvalue weighted by Gasteiger charge is -2.10. The van der Waals surface area contributed by atoms with Crippen molar-refractivity contribution in [3.8, 4) is 0 Å². The van der Waals surface area contributed by atoms with E-state index < -0.39 is 5.97 Å². The predicted molar refractivity (Wildman–Crippen MR) is 59.9 cm³/mol. The van der Waals surface area contributed by atoms with Gasteiger partial charge in [0, 0.05) is 16.2 Å². The second kappa shape index (κ2) is 4.46. The van der Waals surface area contributed by atoms with Gasteiger partial charge in [-0.3, -0.25) is 0 Å². The van der Waals surface area contributed by atoms with E-state index in [1.165, 1.54) is 0 Å². The van der Waals surface area contributed by atoms with Gasteiger partial charge in [-0.2, -0.15) is 0 Å². The first-order valence-corrected chi connectivity index (χ1v) is 5.09. The molecular weight excluding hydrogens is 246 g/mol. The maximum atomic E-state index is 10.8. The van der Waals surface area contributed by atoms with Crippen molar-refractivity contribution < 1.29 is 9.90 Å². The number of rotatable bonds is 3. The number of nitrogens with one attached hydrogen (secondary N) is 1. The van der Waals surface area contributed by atoms with Gasteiger partial charge in [0.15, 0.2) is 0 Å². The summed E-state index contributed by atoms with van der Waals surface area (Å²) >= 11 is 3.19. The van der Waals surface area contributed by atoms with Gasteiger partial charge in [-0.25, -0.2) is 4.79 Å². The molecule has 3 nitrogen and oxygen atoms in total. The number of halogens is 1. The van der Waals surface area contributed by atoms with Gasteiger partial charge in [-0.1, -0.05) is 0 Å². The van der Waals surface area contributed by atoms with E-state index in [1.807, 2.05) is 19.9 Å². The SMILES string of the molecule is CC(C)Nc1ccc(Br)c(C(=O)O)c1. The van der Waals surface area contributed by atoms with Crippen LogP contribution in [0.3, 0.4) is 0 Å². The fourth-order valence-corrected chi connectivity index (χ4v) is 1.53. The number of aromatic carboxylic acids is 1. The van der Waals surface area contributed by atoms with Crippen molar-refractivity contribution in [2.24, 2.45) is 0 Å². The standard InChI is InChI=1S/C10H12BrNO2/c1-6(2)12-7-3-4-9(11)8(5-7)10(13)14/h3-6,12H,1-2H3,(H,13,14). The predicted octanol–water partition coefficient (Wildman–Crippen LogP) is 2.97. The third-order valence-electron chi connectivity index (χ3n) is 1.65. The number of hydrogen-bond donors (Lipinski definition) is 2. The Morgan fingerprint density at radius 1 is 1.50 bits per heavy atom. The Labute approximate surface area is 91.3 Å². The maximum Gasteiger partial charge on any atom is 0.336 e. The van der Waals surface area contributed by atoms with Crippen LogP contribution in [0.4, 0.5) is 5.69 Å². The zero-order chi connectivity index (χ0) is 10.7. The molecule has 1 rings (SSSR count). The average Bonchev–Trinajstić information content (AvgIpc) is 2.07. The lowest BCUT2D eigenvalue weighted by molar-refractivity contribution is 0.0696. The molecule has 0 unspecified atom stereocenters. The summed E-state index contributed by atoms with van der Waals surface area (Å²) in [6.45, 7) is 4.00. The van der Waals surface area contributed by atoms with Gasteiger partial charge in [0.05, 0.1) is 5.56 Å². The molecule has 76 valence electrons. The number of hydrogen-bond acceptors (Lipinski definition) is 2. The summed E-state index contributed by atoms with van der Waals surface area (Å²) in [5.41, 5.74) is 1.09. The van der Waals surface area contributed by atoms with Crippen molar-refractivity contribution in [2.45, 2.75) is 19.9 Å². The Morgan fingerprint density at radius 3 is 2.64 bits per heavy atom. The van der Waals surface area contributed by atoms with Gasteiger partial charge >= 0.3 is 5.97 Å². The van der Waals surface area contributed by atoms with Crippen molar-refractivity contribution in [3.05, 3.63) is 28.2 Å². The molecule has 0 bridgehead atoms. The van der Waals surface area contributed by atoms with Crippen LogP contribution in [-0.4, -0.2) is 17.1 Å². The molecule has 0 heterocycles. The quantitative estimate of drug-likeness (QED) is 0.876. The highest BCUT2D eigenvalue weighted by atomic mass is 79.9. The highest BCUT2D eigenvalue weighted by molar-refractivity contribution is 9.10. The van der Waals surface area contributed by atoms with Crippen LogP contribution in [0.2, 0.25) is 0 Å². The number of carbonyl (C=O) groups is 1. The van der Waals surface area contributed by atoms with Crippen LogP contribution in [0.25, 0.3) is 0 Å². The Bertz CT molecular complexity index is 350. The van der Waals surface area contributed by atoms with E-state index >= 15 is 0 Å². The highest BCUT2D eigenvalue weighted by Gasteiger charge is 2.08. The summed E-state index contributed by atoms with van der Waals surface area (Å²) in [7, 11) is 0. The zero-order valence-electron chi connectivity index (χ0n) is 8.04. The van der Waals surface area contributed by atoms with Crippen molar-refractivity contribution in [2.75, 3.05) is 5.32 Å². The summed E-state index contributed by atoms with van der Waals surface area (Å²) in [6, 6.07) is 5.48. The minimum absolute atomic E-state index is 0.274. The summed E-state index contributed by atoms with van der Waals surface area (Å²) < 4.78 is 0.597. The molecule has 4 heteroatoms. The summed E-state index contributed by atoms with van der Waals surface area (Å²) in [6.07, 6.45) is 0. The molecule has 0 amide bonds. The van der Waals surface area contributed by atoms with E-state index in [1.54, 1.807) is 12.1 Å². The van der Waals surface area contributed by atoms with E-state index in [0.29, 0.717) is 4.47 Å². The first kappa shape index (κ1) is 11.0. The number of carboxylic acids is 1. The van der Waals surface area contributed by atoms with Gasteiger partial charge in [0.25, 0.3) is 0 Å². The molecule has 0 radical (unpaired) electrons. The van der Waals surface area contributed by atoms with E-state index in [-0.39, 0.29) is 11.6 Å². The first-order valence-electron chi connectivity index (χ1n) is 4.30. The summed E-state index contributed by atoms with van der Waals surface area (Å²) in [4.78, 5) is 10.8. The number of benzene rings is 1. The van der Waals surface area contributed by atoms with Crippen LogP contribution in [0, 0.1) is 0 Å². The van der Waals surface area contributed by atoms with Crippen molar-refractivity contribution >= 4 is 27.6 Å². The highest BCUT2D eigenvalue weighted by Crippen LogP contribution is 2.21. The molecule has 0 aliphatic carbocycles. The minimum Gasteiger partial charge on any atom is -0.478 e. The van der Waals surface area contributed by atoms with E-state index in [0.717, 1.165) is 5.69 Å². The molecule has 0 atom stereocenters. The smallest absolute Gasteiger partial charge is 0.336 e. The second-order valence-corrected chi connectivity index (χ2v) is 4.15. The largest absolute Gasteiger partial charge is 0.478 e. The van der Waals surface area contributed by atoms with Crippen LogP contribution in [0.5, 0.6) is 0 Å². The Morgan fingerprint density at radius 2 is 2.14 bits per heavy atom. The molecule has 14 heavy (non-hydrogen) atoms. The van der Waals surface area contributed by atoms with Gasteiger partial charge in [0.2, 0.25) is 0 Å². The van der Waals surface area contributed by atoms with Crippen molar-refractivity contribution in [3.63, 3.8) is 0 Å². The molecule has 0 aliphatic heterocycles. The van der Waals surface area contributed by atoms with Crippen LogP contribution in [0.15, 0.2) is 22.7 Å². The van der Waals surface area contributed by atoms with E-state index in [2.05, 4.69) is 21.2 Å². The second-order valence-electron chi connectivity index (χ2n) is 3.30. The lowest BCUT2D eigenvalue weighted by atomic mass is 10.2. The van der Waals surface area contributed by atoms with Crippen LogP contribution >= 0.6 is 15.9 Å². The topological polar surface area (TPSA) is 49.3 Å². The van der Waals surface area contributed by atoms with E-state index in [9.17, 15) is 4.79 Å². The molecule has 0 fully saturated rings. The van der Waals surface area contributed by atoms with Crippen LogP contribution in [0.1, 0.15) is 24.2 Å². The molecule has 0 saturated heterocycles. The summed E-state index contributed by atoms with van der Waals surface area (Å²) in [5.74, 6) is -0.927. The number of carboxylic acid groups (broad SMARTS) is 1. The molecule has 0 aliphatic rings. The third kappa shape index (κ3) is 2.73. The molecule has 2 N–H and O–H groups in total. The Balaban J connectivity index is 3.00. The first-order chi connectivity index (χ1) is 6.50. The van der Waals surface area contributed by atoms with E-state index in [4.69, 9.17) is 5.11 Å². The minimum atomic E-state index is -0.927. The maximum absolute atomic E-state index is 10.8. The van der Waals surface area contributed by atoms with Crippen molar-refractivity contribution in [1.29, 1.82) is 0 Å². The molecule has 0 saturated carbocycles. The fraction of sp³-hybridized carbons (Fsp3) is 0.300. The molecular formula is C10H12BrNO2. The lowest BCUT2D eigenvalue weighted by Crippen LogP contribution is -2.10. The summed E-state index contributed by atoms with van der Waals surface area (Å²) in [5, 5.41) is 12.0. The van der Waals surface area contributed by atoms with Crippen LogP contribution < -0.4 is 5.32 Å². The molecule has 0 aromatic heterocycles. The Kier molecular flexibility index (Phi) is 3.52. The molecule has 1 aromatic rings. The normalized spacial score (nSPS) is 10.3. The molecule has 0 spiro atoms. The molecule has 1 aromatic carbocycles. The van der Waals surface area contributed by atoms with Gasteiger partial charge in [-0.15, -0.1) is 0 Å². The average molecular weight is 258 g/mol.